The van der Waals surface area contributed by atoms with E-state index in [1.165, 1.54) is 12.1 Å². The van der Waals surface area contributed by atoms with Crippen LogP contribution in [0.5, 0.6) is 0 Å². The highest BCUT2D eigenvalue weighted by Gasteiger charge is 2.18. The standard InChI is InChI=1S/C20H22FN3O2/c1-3-25-18(26-4-2)13-17-23-19(14-5-7-16(21)8-6-14)20(24-17)15-9-11-22-12-10-15/h5-12,18H,3-4,13H2,1-2H3,(H,23,24). The van der Waals surface area contributed by atoms with Crippen LogP contribution in [0.4, 0.5) is 4.39 Å². The SMILES string of the molecule is CCOC(Cc1nc(-c2ccc(F)cc2)c(-c2ccncc2)[nH]1)OCC. The van der Waals surface area contributed by atoms with E-state index in [0.29, 0.717) is 19.6 Å². The molecule has 0 atom stereocenters. The average molecular weight is 355 g/mol. The molecule has 0 saturated heterocycles. The number of pyridine rings is 1. The van der Waals surface area contributed by atoms with E-state index in [2.05, 4.69) is 9.97 Å². The number of rotatable bonds is 8. The fourth-order valence-corrected chi connectivity index (χ4v) is 2.76. The summed E-state index contributed by atoms with van der Waals surface area (Å²) in [5.74, 6) is 0.478. The molecule has 0 aliphatic rings. The van der Waals surface area contributed by atoms with Crippen molar-refractivity contribution in [2.75, 3.05) is 13.2 Å². The molecule has 5 nitrogen and oxygen atoms in total. The minimum absolute atomic E-state index is 0.275. The Balaban J connectivity index is 1.98. The van der Waals surface area contributed by atoms with E-state index < -0.39 is 0 Å². The molecular weight excluding hydrogens is 333 g/mol. The lowest BCUT2D eigenvalue weighted by atomic mass is 10.1. The van der Waals surface area contributed by atoms with Gasteiger partial charge in [-0.3, -0.25) is 4.98 Å². The molecule has 0 amide bonds. The highest BCUT2D eigenvalue weighted by atomic mass is 19.1. The van der Waals surface area contributed by atoms with Crippen molar-refractivity contribution in [1.29, 1.82) is 0 Å². The molecule has 0 bridgehead atoms. The Morgan fingerprint density at radius 1 is 0.962 bits per heavy atom. The third kappa shape index (κ3) is 4.33. The highest BCUT2D eigenvalue weighted by Crippen LogP contribution is 2.30. The molecule has 0 radical (unpaired) electrons. The van der Waals surface area contributed by atoms with Gasteiger partial charge in [0.1, 0.15) is 11.6 Å². The molecule has 1 aromatic carbocycles. The van der Waals surface area contributed by atoms with Crippen LogP contribution in [0, 0.1) is 5.82 Å². The van der Waals surface area contributed by atoms with Gasteiger partial charge in [0.05, 0.1) is 17.8 Å². The van der Waals surface area contributed by atoms with Crippen LogP contribution in [0.25, 0.3) is 22.5 Å². The summed E-state index contributed by atoms with van der Waals surface area (Å²) in [6.07, 6.45) is 3.60. The number of imidazole rings is 1. The number of H-pyrrole nitrogens is 1. The fraction of sp³-hybridized carbons (Fsp3) is 0.300. The lowest BCUT2D eigenvalue weighted by Crippen LogP contribution is -2.20. The van der Waals surface area contributed by atoms with E-state index in [4.69, 9.17) is 14.5 Å². The Morgan fingerprint density at radius 3 is 2.23 bits per heavy atom. The number of aromatic nitrogens is 3. The van der Waals surface area contributed by atoms with Gasteiger partial charge < -0.3 is 14.5 Å². The van der Waals surface area contributed by atoms with Crippen LogP contribution < -0.4 is 0 Å². The normalized spacial score (nSPS) is 11.2. The largest absolute Gasteiger partial charge is 0.352 e. The van der Waals surface area contributed by atoms with Crippen LogP contribution in [-0.2, 0) is 15.9 Å². The topological polar surface area (TPSA) is 60.0 Å². The zero-order chi connectivity index (χ0) is 18.4. The molecule has 26 heavy (non-hydrogen) atoms. The molecule has 3 rings (SSSR count). The summed E-state index contributed by atoms with van der Waals surface area (Å²) in [7, 11) is 0. The smallest absolute Gasteiger partial charge is 0.164 e. The van der Waals surface area contributed by atoms with Crippen molar-refractivity contribution in [3.63, 3.8) is 0 Å². The van der Waals surface area contributed by atoms with Gasteiger partial charge in [0.25, 0.3) is 0 Å². The zero-order valence-electron chi connectivity index (χ0n) is 14.9. The molecule has 2 heterocycles. The molecule has 0 aliphatic carbocycles. The molecule has 0 spiro atoms. The third-order valence-electron chi connectivity index (χ3n) is 3.90. The van der Waals surface area contributed by atoms with E-state index in [1.807, 2.05) is 26.0 Å². The van der Waals surface area contributed by atoms with Crippen LogP contribution in [0.15, 0.2) is 48.8 Å². The molecule has 2 aromatic heterocycles. The number of hydrogen-bond acceptors (Lipinski definition) is 4. The predicted molar refractivity (Wildman–Crippen MR) is 98.0 cm³/mol. The van der Waals surface area contributed by atoms with Crippen molar-refractivity contribution in [1.82, 2.24) is 15.0 Å². The number of hydrogen-bond donors (Lipinski definition) is 1. The van der Waals surface area contributed by atoms with E-state index >= 15 is 0 Å². The highest BCUT2D eigenvalue weighted by molar-refractivity contribution is 5.78. The summed E-state index contributed by atoms with van der Waals surface area (Å²) in [6, 6.07) is 10.1. The van der Waals surface area contributed by atoms with E-state index in [-0.39, 0.29) is 12.1 Å². The van der Waals surface area contributed by atoms with Gasteiger partial charge in [-0.05, 0) is 50.2 Å². The summed E-state index contributed by atoms with van der Waals surface area (Å²) < 4.78 is 24.5. The zero-order valence-corrected chi connectivity index (χ0v) is 14.9. The quantitative estimate of drug-likeness (QED) is 0.615. The van der Waals surface area contributed by atoms with Crippen LogP contribution in [0.3, 0.4) is 0 Å². The minimum atomic E-state index is -0.359. The molecule has 0 fully saturated rings. The number of nitrogens with one attached hydrogen (secondary N) is 1. The number of ether oxygens (including phenoxy) is 2. The second-order valence-electron chi connectivity index (χ2n) is 5.69. The number of halogens is 1. The lowest BCUT2D eigenvalue weighted by Gasteiger charge is -2.15. The van der Waals surface area contributed by atoms with Crippen molar-refractivity contribution < 1.29 is 13.9 Å². The van der Waals surface area contributed by atoms with Crippen molar-refractivity contribution in [3.05, 3.63) is 60.4 Å². The van der Waals surface area contributed by atoms with Crippen LogP contribution in [0.2, 0.25) is 0 Å². The third-order valence-corrected chi connectivity index (χ3v) is 3.90. The average Bonchev–Trinajstić information content (AvgIpc) is 3.07. The van der Waals surface area contributed by atoms with Crippen molar-refractivity contribution in [2.45, 2.75) is 26.6 Å². The first-order valence-electron chi connectivity index (χ1n) is 8.69. The Kier molecular flexibility index (Phi) is 6.09. The summed E-state index contributed by atoms with van der Waals surface area (Å²) in [5.41, 5.74) is 3.42. The fourth-order valence-electron chi connectivity index (χ4n) is 2.76. The maximum Gasteiger partial charge on any atom is 0.164 e. The second kappa shape index (κ2) is 8.69. The summed E-state index contributed by atoms with van der Waals surface area (Å²) in [5, 5.41) is 0. The van der Waals surface area contributed by atoms with Gasteiger partial charge in [-0.1, -0.05) is 0 Å². The first-order chi connectivity index (χ1) is 12.7. The van der Waals surface area contributed by atoms with Gasteiger partial charge in [-0.25, -0.2) is 9.37 Å². The van der Waals surface area contributed by atoms with Crippen LogP contribution >= 0.6 is 0 Å². The molecule has 0 saturated carbocycles. The maximum absolute atomic E-state index is 13.3. The van der Waals surface area contributed by atoms with Crippen LogP contribution in [0.1, 0.15) is 19.7 Å². The second-order valence-corrected chi connectivity index (χ2v) is 5.69. The van der Waals surface area contributed by atoms with Crippen LogP contribution in [-0.4, -0.2) is 34.5 Å². The molecule has 3 aromatic rings. The molecule has 0 unspecified atom stereocenters. The Morgan fingerprint density at radius 2 is 1.62 bits per heavy atom. The number of aromatic amines is 1. The van der Waals surface area contributed by atoms with Crippen molar-refractivity contribution in [3.8, 4) is 22.5 Å². The molecular formula is C20H22FN3O2. The van der Waals surface area contributed by atoms with Gasteiger partial charge in [0, 0.05) is 36.7 Å². The Bertz CT molecular complexity index is 813. The minimum Gasteiger partial charge on any atom is -0.352 e. The molecule has 6 heteroatoms. The monoisotopic (exact) mass is 355 g/mol. The van der Waals surface area contributed by atoms with Gasteiger partial charge in [-0.2, -0.15) is 0 Å². The molecule has 1 N–H and O–H groups in total. The van der Waals surface area contributed by atoms with E-state index in [9.17, 15) is 4.39 Å². The number of benzene rings is 1. The van der Waals surface area contributed by atoms with Gasteiger partial charge in [-0.15, -0.1) is 0 Å². The van der Waals surface area contributed by atoms with Gasteiger partial charge in [0.15, 0.2) is 6.29 Å². The van der Waals surface area contributed by atoms with E-state index in [1.54, 1.807) is 24.5 Å². The van der Waals surface area contributed by atoms with E-state index in [0.717, 1.165) is 28.3 Å². The van der Waals surface area contributed by atoms with Gasteiger partial charge in [0.2, 0.25) is 0 Å². The van der Waals surface area contributed by atoms with Crippen molar-refractivity contribution in [2.24, 2.45) is 0 Å². The predicted octanol–water partition coefficient (Wildman–Crippen LogP) is 4.22. The first kappa shape index (κ1) is 18.2. The maximum atomic E-state index is 13.3. The van der Waals surface area contributed by atoms with Gasteiger partial charge >= 0.3 is 0 Å². The summed E-state index contributed by atoms with van der Waals surface area (Å²) in [6.45, 7) is 4.99. The van der Waals surface area contributed by atoms with Crippen molar-refractivity contribution >= 4 is 0 Å². The first-order valence-corrected chi connectivity index (χ1v) is 8.69. The number of nitrogens with zero attached hydrogens (tertiary/aromatic N) is 2. The summed E-state index contributed by atoms with van der Waals surface area (Å²) in [4.78, 5) is 12.2. The Hall–Kier alpha value is -2.57. The lowest BCUT2D eigenvalue weighted by molar-refractivity contribution is -0.135. The molecule has 0 aliphatic heterocycles. The Labute approximate surface area is 152 Å². The molecule has 136 valence electrons. The summed E-state index contributed by atoms with van der Waals surface area (Å²) >= 11 is 0.